The fourth-order valence-electron chi connectivity index (χ4n) is 3.55. The maximum absolute atomic E-state index is 12.5. The second kappa shape index (κ2) is 9.89. The molecule has 2 amide bonds. The molecule has 2 aliphatic rings. The second-order valence-corrected chi connectivity index (χ2v) is 7.34. The lowest BCUT2D eigenvalue weighted by molar-refractivity contribution is -0.130. The zero-order valence-corrected chi connectivity index (χ0v) is 16.7. The Morgan fingerprint density at radius 2 is 2.18 bits per heavy atom. The van der Waals surface area contributed by atoms with Crippen molar-refractivity contribution >= 4 is 23.2 Å². The number of carbonyl (C=O) groups excluding carboxylic acids is 2. The second-order valence-electron chi connectivity index (χ2n) is 7.34. The molecule has 2 atom stereocenters. The minimum absolute atomic E-state index is 0.0710. The van der Waals surface area contributed by atoms with E-state index in [4.69, 9.17) is 14.2 Å². The van der Waals surface area contributed by atoms with Gasteiger partial charge in [-0.2, -0.15) is 0 Å². The van der Waals surface area contributed by atoms with Gasteiger partial charge in [-0.15, -0.1) is 0 Å². The van der Waals surface area contributed by atoms with Gasteiger partial charge in [-0.3, -0.25) is 9.59 Å². The first kappa shape index (κ1) is 20.6. The molecule has 0 bridgehead atoms. The van der Waals surface area contributed by atoms with Gasteiger partial charge in [0.1, 0.15) is 11.9 Å². The summed E-state index contributed by atoms with van der Waals surface area (Å²) in [6.45, 7) is 3.58. The summed E-state index contributed by atoms with van der Waals surface area (Å²) < 4.78 is 16.7. The van der Waals surface area contributed by atoms with Crippen LogP contribution in [0.4, 0.5) is 11.4 Å². The highest BCUT2D eigenvalue weighted by atomic mass is 16.5. The van der Waals surface area contributed by atoms with Crippen LogP contribution < -0.4 is 15.0 Å². The molecule has 7 nitrogen and oxygen atoms in total. The molecule has 3 rings (SSSR count). The normalized spacial score (nSPS) is 21.3. The van der Waals surface area contributed by atoms with Crippen LogP contribution in [0.15, 0.2) is 18.2 Å². The van der Waals surface area contributed by atoms with E-state index in [-0.39, 0.29) is 17.9 Å². The van der Waals surface area contributed by atoms with Crippen molar-refractivity contribution in [1.82, 2.24) is 0 Å². The largest absolute Gasteiger partial charge is 0.495 e. The first-order chi connectivity index (χ1) is 13.6. The predicted molar refractivity (Wildman–Crippen MR) is 107 cm³/mol. The van der Waals surface area contributed by atoms with Gasteiger partial charge in [-0.25, -0.2) is 0 Å². The van der Waals surface area contributed by atoms with E-state index in [1.54, 1.807) is 37.1 Å². The number of nitrogens with zero attached hydrogens (tertiary/aromatic N) is 1. The van der Waals surface area contributed by atoms with Crippen molar-refractivity contribution in [2.75, 3.05) is 37.1 Å². The molecule has 2 saturated heterocycles. The quantitative estimate of drug-likeness (QED) is 0.774. The molecule has 2 aliphatic heterocycles. The highest BCUT2D eigenvalue weighted by Crippen LogP contribution is 2.33. The molecule has 0 radical (unpaired) electrons. The van der Waals surface area contributed by atoms with E-state index in [1.807, 2.05) is 0 Å². The Balaban J connectivity index is 1.61. The Morgan fingerprint density at radius 3 is 2.89 bits per heavy atom. The van der Waals surface area contributed by atoms with E-state index in [0.29, 0.717) is 36.7 Å². The van der Waals surface area contributed by atoms with Crippen LogP contribution in [0.1, 0.15) is 45.4 Å². The van der Waals surface area contributed by atoms with Crippen LogP contribution in [0.3, 0.4) is 0 Å². The highest BCUT2D eigenvalue weighted by Gasteiger charge is 2.24. The molecule has 0 aromatic heterocycles. The van der Waals surface area contributed by atoms with Gasteiger partial charge >= 0.3 is 0 Å². The standard InChI is InChI=1S/C21H30N2O5/c1-15(28-14-17-7-4-6-12-27-17)21(25)22-16-9-10-19(26-2)18(13-16)23-11-5-3-8-20(23)24/h9-10,13,15,17H,3-8,11-12,14H2,1-2H3,(H,22,25). The van der Waals surface area contributed by atoms with Crippen molar-refractivity contribution in [3.8, 4) is 5.75 Å². The first-order valence-corrected chi connectivity index (χ1v) is 10.1. The number of carbonyl (C=O) groups is 2. The molecular weight excluding hydrogens is 360 g/mol. The molecule has 0 saturated carbocycles. The fourth-order valence-corrected chi connectivity index (χ4v) is 3.55. The monoisotopic (exact) mass is 390 g/mol. The summed E-state index contributed by atoms with van der Waals surface area (Å²) in [5.74, 6) is 0.473. The van der Waals surface area contributed by atoms with E-state index >= 15 is 0 Å². The lowest BCUT2D eigenvalue weighted by Crippen LogP contribution is -2.35. The van der Waals surface area contributed by atoms with Crippen molar-refractivity contribution in [2.24, 2.45) is 0 Å². The summed E-state index contributed by atoms with van der Waals surface area (Å²) in [5, 5.41) is 2.88. The zero-order chi connectivity index (χ0) is 19.9. The number of ether oxygens (including phenoxy) is 3. The van der Waals surface area contributed by atoms with Crippen LogP contribution in [0.2, 0.25) is 0 Å². The summed E-state index contributed by atoms with van der Waals surface area (Å²) >= 11 is 0. The van der Waals surface area contributed by atoms with Gasteiger partial charge in [0, 0.05) is 25.3 Å². The van der Waals surface area contributed by atoms with Crippen LogP contribution in [0.25, 0.3) is 0 Å². The number of amides is 2. The Kier molecular flexibility index (Phi) is 7.28. The van der Waals surface area contributed by atoms with Crippen molar-refractivity contribution in [2.45, 2.75) is 57.7 Å². The molecule has 0 spiro atoms. The van der Waals surface area contributed by atoms with Gasteiger partial charge in [0.25, 0.3) is 5.91 Å². The lowest BCUT2D eigenvalue weighted by atomic mass is 10.1. The third-order valence-corrected chi connectivity index (χ3v) is 5.24. The smallest absolute Gasteiger partial charge is 0.253 e. The first-order valence-electron chi connectivity index (χ1n) is 10.1. The summed E-state index contributed by atoms with van der Waals surface area (Å²) in [6.07, 6.45) is 5.08. The zero-order valence-electron chi connectivity index (χ0n) is 16.7. The third kappa shape index (κ3) is 5.23. The Labute approximate surface area is 166 Å². The molecular formula is C21H30N2O5. The van der Waals surface area contributed by atoms with Crippen LogP contribution in [-0.2, 0) is 19.1 Å². The van der Waals surface area contributed by atoms with E-state index in [0.717, 1.165) is 38.7 Å². The molecule has 1 aromatic carbocycles. The number of hydrogen-bond acceptors (Lipinski definition) is 5. The van der Waals surface area contributed by atoms with Crippen LogP contribution in [0, 0.1) is 0 Å². The van der Waals surface area contributed by atoms with Crippen molar-refractivity contribution in [3.05, 3.63) is 18.2 Å². The molecule has 1 aromatic rings. The Morgan fingerprint density at radius 1 is 1.32 bits per heavy atom. The van der Waals surface area contributed by atoms with Crippen molar-refractivity contribution < 1.29 is 23.8 Å². The fraction of sp³-hybridized carbons (Fsp3) is 0.619. The van der Waals surface area contributed by atoms with Gasteiger partial charge in [-0.05, 0) is 57.2 Å². The maximum atomic E-state index is 12.5. The Hall–Kier alpha value is -2.12. The average molecular weight is 390 g/mol. The number of piperidine rings is 1. The molecule has 1 N–H and O–H groups in total. The summed E-state index contributed by atoms with van der Waals surface area (Å²) in [4.78, 5) is 26.5. The maximum Gasteiger partial charge on any atom is 0.253 e. The molecule has 28 heavy (non-hydrogen) atoms. The number of nitrogens with one attached hydrogen (secondary N) is 1. The molecule has 2 fully saturated rings. The summed E-state index contributed by atoms with van der Waals surface area (Å²) in [5.41, 5.74) is 1.30. The van der Waals surface area contributed by atoms with E-state index in [1.165, 1.54) is 0 Å². The molecule has 0 aliphatic carbocycles. The number of anilines is 2. The third-order valence-electron chi connectivity index (χ3n) is 5.24. The molecule has 154 valence electrons. The minimum Gasteiger partial charge on any atom is -0.495 e. The van der Waals surface area contributed by atoms with Crippen LogP contribution in [-0.4, -0.2) is 50.9 Å². The SMILES string of the molecule is COc1ccc(NC(=O)C(C)OCC2CCCCO2)cc1N1CCCCC1=O. The van der Waals surface area contributed by atoms with Gasteiger partial charge < -0.3 is 24.4 Å². The molecule has 7 heteroatoms. The highest BCUT2D eigenvalue weighted by molar-refractivity contribution is 5.98. The summed E-state index contributed by atoms with van der Waals surface area (Å²) in [7, 11) is 1.58. The van der Waals surface area contributed by atoms with Crippen LogP contribution in [0.5, 0.6) is 5.75 Å². The topological polar surface area (TPSA) is 77.1 Å². The number of rotatable bonds is 7. The van der Waals surface area contributed by atoms with Gasteiger partial charge in [0.2, 0.25) is 5.91 Å². The van der Waals surface area contributed by atoms with E-state index in [9.17, 15) is 9.59 Å². The van der Waals surface area contributed by atoms with E-state index in [2.05, 4.69) is 5.32 Å². The van der Waals surface area contributed by atoms with Gasteiger partial charge in [0.15, 0.2) is 0 Å². The van der Waals surface area contributed by atoms with Gasteiger partial charge in [-0.1, -0.05) is 0 Å². The van der Waals surface area contributed by atoms with Gasteiger partial charge in [0.05, 0.1) is 25.5 Å². The molecule has 2 heterocycles. The minimum atomic E-state index is -0.590. The van der Waals surface area contributed by atoms with Crippen LogP contribution >= 0.6 is 0 Å². The van der Waals surface area contributed by atoms with E-state index < -0.39 is 6.10 Å². The van der Waals surface area contributed by atoms with Crippen molar-refractivity contribution in [3.63, 3.8) is 0 Å². The van der Waals surface area contributed by atoms with Crippen molar-refractivity contribution in [1.29, 1.82) is 0 Å². The number of benzene rings is 1. The molecule has 2 unspecified atom stereocenters. The lowest BCUT2D eigenvalue weighted by Gasteiger charge is -2.28. The number of methoxy groups -OCH3 is 1. The summed E-state index contributed by atoms with van der Waals surface area (Å²) in [6, 6.07) is 5.33. The number of hydrogen-bond donors (Lipinski definition) is 1. The average Bonchev–Trinajstić information content (AvgIpc) is 2.73. The Bertz CT molecular complexity index is 687. The predicted octanol–water partition coefficient (Wildman–Crippen LogP) is 3.12.